The number of hydrogen-bond acceptors (Lipinski definition) is 4. The number of nitrogens with one attached hydrogen (secondary N) is 2. The number of rotatable bonds is 7. The molecule has 1 amide bonds. The molecule has 0 spiro atoms. The number of aryl methyl sites for hydroxylation is 2. The highest BCUT2D eigenvalue weighted by Gasteiger charge is 2.12. The second-order valence-corrected chi connectivity index (χ2v) is 5.76. The van der Waals surface area contributed by atoms with Gasteiger partial charge in [0.2, 0.25) is 5.91 Å². The molecular weight excluding hydrogens is 316 g/mol. The van der Waals surface area contributed by atoms with Gasteiger partial charge in [0.15, 0.2) is 0 Å². The third kappa shape index (κ3) is 5.08. The number of hydrogen-bond donors (Lipinski definition) is 2. The van der Waals surface area contributed by atoms with Gasteiger partial charge < -0.3 is 15.4 Å². The molecule has 0 fully saturated rings. The van der Waals surface area contributed by atoms with Crippen molar-refractivity contribution >= 4 is 23.3 Å². The topological polar surface area (TPSA) is 67.4 Å². The summed E-state index contributed by atoms with van der Waals surface area (Å²) in [7, 11) is 0. The van der Waals surface area contributed by atoms with Crippen molar-refractivity contribution in [3.8, 4) is 0 Å². The third-order valence-corrected chi connectivity index (χ3v) is 3.84. The molecule has 0 heterocycles. The van der Waals surface area contributed by atoms with Gasteiger partial charge in [0, 0.05) is 24.3 Å². The highest BCUT2D eigenvalue weighted by atomic mass is 16.5. The molecule has 0 saturated heterocycles. The highest BCUT2D eigenvalue weighted by Crippen LogP contribution is 2.20. The summed E-state index contributed by atoms with van der Waals surface area (Å²) in [6, 6.07) is 13.0. The zero-order valence-electron chi connectivity index (χ0n) is 14.9. The monoisotopic (exact) mass is 340 g/mol. The second kappa shape index (κ2) is 8.87. The average molecular weight is 340 g/mol. The molecule has 0 aliphatic rings. The number of para-hydroxylation sites is 2. The van der Waals surface area contributed by atoms with E-state index in [1.807, 2.05) is 38.1 Å². The van der Waals surface area contributed by atoms with Crippen LogP contribution in [0.2, 0.25) is 0 Å². The van der Waals surface area contributed by atoms with E-state index in [2.05, 4.69) is 10.6 Å². The van der Waals surface area contributed by atoms with Gasteiger partial charge in [-0.15, -0.1) is 0 Å². The number of ether oxygens (including phenoxy) is 1. The van der Waals surface area contributed by atoms with Gasteiger partial charge in [-0.3, -0.25) is 4.79 Å². The van der Waals surface area contributed by atoms with Gasteiger partial charge >= 0.3 is 5.97 Å². The van der Waals surface area contributed by atoms with Crippen molar-refractivity contribution in [3.05, 3.63) is 59.2 Å². The van der Waals surface area contributed by atoms with Crippen LogP contribution in [0.4, 0.5) is 11.4 Å². The van der Waals surface area contributed by atoms with Crippen LogP contribution in [0.25, 0.3) is 0 Å². The van der Waals surface area contributed by atoms with E-state index in [1.165, 1.54) is 0 Å². The van der Waals surface area contributed by atoms with Crippen molar-refractivity contribution < 1.29 is 14.3 Å². The SMILES string of the molecule is CCOC(=O)c1ccccc1NCCC(=O)Nc1c(C)cccc1C. The van der Waals surface area contributed by atoms with Crippen LogP contribution >= 0.6 is 0 Å². The van der Waals surface area contributed by atoms with E-state index >= 15 is 0 Å². The van der Waals surface area contributed by atoms with Crippen molar-refractivity contribution in [2.75, 3.05) is 23.8 Å². The van der Waals surface area contributed by atoms with E-state index in [4.69, 9.17) is 4.74 Å². The molecule has 2 rings (SSSR count). The Morgan fingerprint density at radius 2 is 1.68 bits per heavy atom. The Balaban J connectivity index is 1.93. The predicted molar refractivity (Wildman–Crippen MR) is 100 cm³/mol. The fourth-order valence-electron chi connectivity index (χ4n) is 2.55. The van der Waals surface area contributed by atoms with Crippen LogP contribution in [0, 0.1) is 13.8 Å². The van der Waals surface area contributed by atoms with E-state index in [0.29, 0.717) is 30.8 Å². The standard InChI is InChI=1S/C20H24N2O3/c1-4-25-20(24)16-10-5-6-11-17(16)21-13-12-18(23)22-19-14(2)8-7-9-15(19)3/h5-11,21H,4,12-13H2,1-3H3,(H,22,23). The molecule has 5 nitrogen and oxygen atoms in total. The highest BCUT2D eigenvalue weighted by molar-refractivity contribution is 5.96. The van der Waals surface area contributed by atoms with Crippen molar-refractivity contribution in [1.29, 1.82) is 0 Å². The van der Waals surface area contributed by atoms with Crippen molar-refractivity contribution in [3.63, 3.8) is 0 Å². The van der Waals surface area contributed by atoms with Crippen molar-refractivity contribution in [2.45, 2.75) is 27.2 Å². The molecule has 0 saturated carbocycles. The van der Waals surface area contributed by atoms with Gasteiger partial charge in [-0.05, 0) is 44.0 Å². The molecule has 132 valence electrons. The van der Waals surface area contributed by atoms with Crippen molar-refractivity contribution in [2.24, 2.45) is 0 Å². The summed E-state index contributed by atoms with van der Waals surface area (Å²) >= 11 is 0. The lowest BCUT2D eigenvalue weighted by atomic mass is 10.1. The first-order chi connectivity index (χ1) is 12.0. The first-order valence-electron chi connectivity index (χ1n) is 8.39. The molecule has 0 unspecified atom stereocenters. The quantitative estimate of drug-likeness (QED) is 0.750. The van der Waals surface area contributed by atoms with Crippen LogP contribution in [0.15, 0.2) is 42.5 Å². The maximum atomic E-state index is 12.2. The van der Waals surface area contributed by atoms with Crippen LogP contribution in [-0.4, -0.2) is 25.0 Å². The number of amides is 1. The zero-order chi connectivity index (χ0) is 18.2. The molecule has 0 bridgehead atoms. The van der Waals surface area contributed by atoms with E-state index in [9.17, 15) is 9.59 Å². The minimum Gasteiger partial charge on any atom is -0.462 e. The third-order valence-electron chi connectivity index (χ3n) is 3.84. The molecule has 0 atom stereocenters. The molecule has 2 aromatic rings. The number of benzene rings is 2. The van der Waals surface area contributed by atoms with Gasteiger partial charge in [-0.2, -0.15) is 0 Å². The summed E-state index contributed by atoms with van der Waals surface area (Å²) in [4.78, 5) is 24.1. The molecule has 0 aliphatic carbocycles. The van der Waals surface area contributed by atoms with Crippen LogP contribution < -0.4 is 10.6 Å². The van der Waals surface area contributed by atoms with E-state index in [0.717, 1.165) is 16.8 Å². The zero-order valence-corrected chi connectivity index (χ0v) is 14.9. The van der Waals surface area contributed by atoms with Gasteiger partial charge in [-0.25, -0.2) is 4.79 Å². The molecule has 2 N–H and O–H groups in total. The molecule has 0 aliphatic heterocycles. The fraction of sp³-hybridized carbons (Fsp3) is 0.300. The van der Waals surface area contributed by atoms with E-state index in [-0.39, 0.29) is 11.9 Å². The molecule has 5 heteroatoms. The minimum absolute atomic E-state index is 0.0708. The maximum Gasteiger partial charge on any atom is 0.340 e. The lowest BCUT2D eigenvalue weighted by Gasteiger charge is -2.13. The van der Waals surface area contributed by atoms with E-state index < -0.39 is 0 Å². The fourth-order valence-corrected chi connectivity index (χ4v) is 2.55. The largest absolute Gasteiger partial charge is 0.462 e. The molecule has 0 aromatic heterocycles. The normalized spacial score (nSPS) is 10.2. The Morgan fingerprint density at radius 1 is 1.00 bits per heavy atom. The van der Waals surface area contributed by atoms with E-state index in [1.54, 1.807) is 25.1 Å². The summed E-state index contributed by atoms with van der Waals surface area (Å²) < 4.78 is 5.04. The summed E-state index contributed by atoms with van der Waals surface area (Å²) in [5.41, 5.74) is 4.07. The van der Waals surface area contributed by atoms with Gasteiger partial charge in [0.05, 0.1) is 12.2 Å². The predicted octanol–water partition coefficient (Wildman–Crippen LogP) is 3.92. The lowest BCUT2D eigenvalue weighted by molar-refractivity contribution is -0.116. The Morgan fingerprint density at radius 3 is 2.36 bits per heavy atom. The average Bonchev–Trinajstić information content (AvgIpc) is 2.59. The lowest BCUT2D eigenvalue weighted by Crippen LogP contribution is -2.18. The summed E-state index contributed by atoms with van der Waals surface area (Å²) in [6.45, 7) is 6.46. The summed E-state index contributed by atoms with van der Waals surface area (Å²) in [5, 5.41) is 6.09. The maximum absolute atomic E-state index is 12.2. The summed E-state index contributed by atoms with van der Waals surface area (Å²) in [5.74, 6) is -0.441. The smallest absolute Gasteiger partial charge is 0.340 e. The number of anilines is 2. The van der Waals surface area contributed by atoms with Gasteiger partial charge in [0.25, 0.3) is 0 Å². The minimum atomic E-state index is -0.370. The number of carbonyl (C=O) groups is 2. The Kier molecular flexibility index (Phi) is 6.57. The summed E-state index contributed by atoms with van der Waals surface area (Å²) in [6.07, 6.45) is 0.297. The van der Waals surface area contributed by atoms with Gasteiger partial charge in [0.1, 0.15) is 0 Å². The van der Waals surface area contributed by atoms with Crippen molar-refractivity contribution in [1.82, 2.24) is 0 Å². The number of esters is 1. The molecular formula is C20H24N2O3. The second-order valence-electron chi connectivity index (χ2n) is 5.76. The van der Waals surface area contributed by atoms with Crippen LogP contribution in [-0.2, 0) is 9.53 Å². The van der Waals surface area contributed by atoms with Crippen LogP contribution in [0.1, 0.15) is 34.8 Å². The van der Waals surface area contributed by atoms with Crippen LogP contribution in [0.5, 0.6) is 0 Å². The first kappa shape index (κ1) is 18.5. The Hall–Kier alpha value is -2.82. The molecule has 0 radical (unpaired) electrons. The first-order valence-corrected chi connectivity index (χ1v) is 8.39. The Bertz CT molecular complexity index is 736. The van der Waals surface area contributed by atoms with Gasteiger partial charge in [-0.1, -0.05) is 30.3 Å². The van der Waals surface area contributed by atoms with Crippen LogP contribution in [0.3, 0.4) is 0 Å². The Labute approximate surface area is 148 Å². The molecule has 2 aromatic carbocycles. The molecule has 25 heavy (non-hydrogen) atoms. The number of carbonyl (C=O) groups excluding carboxylic acids is 2.